The molecule has 1 atom stereocenters. The third kappa shape index (κ3) is 5.69. The molecule has 0 spiro atoms. The van der Waals surface area contributed by atoms with Gasteiger partial charge in [0.2, 0.25) is 5.91 Å². The third-order valence-electron chi connectivity index (χ3n) is 6.32. The van der Waals surface area contributed by atoms with E-state index in [1.807, 2.05) is 31.2 Å². The number of benzene rings is 1. The maximum absolute atomic E-state index is 12.7. The Bertz CT molecular complexity index is 856. The lowest BCUT2D eigenvalue weighted by Crippen LogP contribution is -2.48. The van der Waals surface area contributed by atoms with Crippen LogP contribution in [0.15, 0.2) is 35.5 Å². The number of ether oxygens (including phenoxy) is 1. The van der Waals surface area contributed by atoms with Crippen LogP contribution in [0.5, 0.6) is 0 Å². The van der Waals surface area contributed by atoms with Gasteiger partial charge in [-0.15, -0.1) is 0 Å². The van der Waals surface area contributed by atoms with Crippen LogP contribution in [0.25, 0.3) is 0 Å². The van der Waals surface area contributed by atoms with Crippen molar-refractivity contribution >= 4 is 23.6 Å². The molecular weight excluding hydrogens is 406 g/mol. The van der Waals surface area contributed by atoms with Crippen molar-refractivity contribution in [1.82, 2.24) is 10.2 Å². The number of carbonyl (C=O) groups is 3. The van der Waals surface area contributed by atoms with Crippen molar-refractivity contribution < 1.29 is 19.1 Å². The van der Waals surface area contributed by atoms with Gasteiger partial charge in [0.1, 0.15) is 0 Å². The summed E-state index contributed by atoms with van der Waals surface area (Å²) in [7, 11) is 0. The fraction of sp³-hybridized carbons (Fsp3) is 0.560. The fourth-order valence-corrected chi connectivity index (χ4v) is 4.61. The summed E-state index contributed by atoms with van der Waals surface area (Å²) < 4.78 is 5.28. The molecule has 7 nitrogen and oxygen atoms in total. The number of carbonyl (C=O) groups excluding carboxylic acids is 3. The molecule has 0 bridgehead atoms. The standard InChI is InChI=1S/C25H35N3O4/c1-4-16-28-17(3)22(24(30)32-5-2)23(27-25(28)31)19-11-13-20(14-12-19)26-21(29)15-10-18-8-6-7-9-18/h11-14,18,23H,4-10,15-16H2,1-3H3,(H,26,29)(H,27,31). The normalized spacial score (nSPS) is 19.2. The number of nitrogens with zero attached hydrogens (tertiary/aromatic N) is 1. The minimum atomic E-state index is -0.596. The zero-order valence-corrected chi connectivity index (χ0v) is 19.4. The van der Waals surface area contributed by atoms with E-state index in [1.54, 1.807) is 18.7 Å². The molecule has 0 aromatic heterocycles. The summed E-state index contributed by atoms with van der Waals surface area (Å²) in [4.78, 5) is 39.3. The average molecular weight is 442 g/mol. The van der Waals surface area contributed by atoms with Crippen molar-refractivity contribution in [3.05, 3.63) is 41.1 Å². The van der Waals surface area contributed by atoms with Gasteiger partial charge in [-0.1, -0.05) is 44.7 Å². The Labute approximate surface area is 190 Å². The zero-order valence-electron chi connectivity index (χ0n) is 19.4. The minimum absolute atomic E-state index is 0.0220. The molecule has 1 unspecified atom stereocenters. The number of hydrogen-bond acceptors (Lipinski definition) is 4. The lowest BCUT2D eigenvalue weighted by Gasteiger charge is -2.35. The molecule has 7 heteroatoms. The molecule has 2 N–H and O–H groups in total. The predicted molar refractivity (Wildman–Crippen MR) is 124 cm³/mol. The molecule has 3 amide bonds. The van der Waals surface area contributed by atoms with Crippen molar-refractivity contribution in [2.45, 2.75) is 71.8 Å². The van der Waals surface area contributed by atoms with Crippen LogP contribution in [0, 0.1) is 5.92 Å². The highest BCUT2D eigenvalue weighted by Gasteiger charge is 2.36. The maximum Gasteiger partial charge on any atom is 0.338 e. The van der Waals surface area contributed by atoms with Crippen LogP contribution in [0.4, 0.5) is 10.5 Å². The van der Waals surface area contributed by atoms with Crippen molar-refractivity contribution in [1.29, 1.82) is 0 Å². The Morgan fingerprint density at radius 1 is 1.16 bits per heavy atom. The van der Waals surface area contributed by atoms with Crippen LogP contribution in [0.1, 0.15) is 77.3 Å². The molecule has 1 fully saturated rings. The Hall–Kier alpha value is -2.83. The van der Waals surface area contributed by atoms with Gasteiger partial charge in [-0.25, -0.2) is 9.59 Å². The molecule has 1 aliphatic heterocycles. The quantitative estimate of drug-likeness (QED) is 0.533. The zero-order chi connectivity index (χ0) is 23.1. The SMILES string of the molecule is CCCN1C(=O)NC(c2ccc(NC(=O)CCC3CCCC3)cc2)C(C(=O)OCC)=C1C. The first-order chi connectivity index (χ1) is 15.4. The number of esters is 1. The molecule has 2 aliphatic rings. The largest absolute Gasteiger partial charge is 0.463 e. The van der Waals surface area contributed by atoms with E-state index in [0.29, 0.717) is 35.8 Å². The van der Waals surface area contributed by atoms with Crippen molar-refractivity contribution in [3.63, 3.8) is 0 Å². The second-order valence-corrected chi connectivity index (χ2v) is 8.61. The van der Waals surface area contributed by atoms with Crippen molar-refractivity contribution in [3.8, 4) is 0 Å². The fourth-order valence-electron chi connectivity index (χ4n) is 4.61. The van der Waals surface area contributed by atoms with E-state index >= 15 is 0 Å². The Morgan fingerprint density at radius 2 is 1.84 bits per heavy atom. The highest BCUT2D eigenvalue weighted by molar-refractivity contribution is 5.95. The molecule has 3 rings (SSSR count). The Kier molecular flexibility index (Phi) is 8.31. The van der Waals surface area contributed by atoms with Gasteiger partial charge in [-0.3, -0.25) is 9.69 Å². The number of urea groups is 1. The average Bonchev–Trinajstić information content (AvgIpc) is 3.29. The Morgan fingerprint density at radius 3 is 2.47 bits per heavy atom. The van der Waals surface area contributed by atoms with Crippen LogP contribution in [-0.2, 0) is 14.3 Å². The van der Waals surface area contributed by atoms with Gasteiger partial charge >= 0.3 is 12.0 Å². The van der Waals surface area contributed by atoms with Gasteiger partial charge in [0.15, 0.2) is 0 Å². The molecule has 1 heterocycles. The highest BCUT2D eigenvalue weighted by atomic mass is 16.5. The number of anilines is 1. The van der Waals surface area contributed by atoms with E-state index in [2.05, 4.69) is 10.6 Å². The molecular formula is C25H35N3O4. The van der Waals surface area contributed by atoms with Crippen molar-refractivity contribution in [2.75, 3.05) is 18.5 Å². The van der Waals surface area contributed by atoms with E-state index < -0.39 is 12.0 Å². The first-order valence-corrected chi connectivity index (χ1v) is 11.8. The number of allylic oxidation sites excluding steroid dienone is 1. The summed E-state index contributed by atoms with van der Waals surface area (Å²) in [6.07, 6.45) is 7.29. The predicted octanol–water partition coefficient (Wildman–Crippen LogP) is 4.91. The van der Waals surface area contributed by atoms with Gasteiger partial charge < -0.3 is 15.4 Å². The molecule has 1 aromatic carbocycles. The topological polar surface area (TPSA) is 87.7 Å². The first-order valence-electron chi connectivity index (χ1n) is 11.8. The number of nitrogens with one attached hydrogen (secondary N) is 2. The lowest BCUT2D eigenvalue weighted by atomic mass is 9.94. The second kappa shape index (κ2) is 11.2. The van der Waals surface area contributed by atoms with E-state index in [9.17, 15) is 14.4 Å². The summed E-state index contributed by atoms with van der Waals surface area (Å²) in [6, 6.07) is 6.46. The van der Waals surface area contributed by atoms with Crippen molar-refractivity contribution in [2.24, 2.45) is 5.92 Å². The molecule has 174 valence electrons. The number of hydrogen-bond donors (Lipinski definition) is 2. The van der Waals surface area contributed by atoms with Crippen LogP contribution in [-0.4, -0.2) is 36.0 Å². The number of amides is 3. The molecule has 32 heavy (non-hydrogen) atoms. The molecule has 1 aromatic rings. The monoisotopic (exact) mass is 441 g/mol. The van der Waals surface area contributed by atoms with E-state index in [4.69, 9.17) is 4.74 Å². The molecule has 1 saturated carbocycles. The van der Waals surface area contributed by atoms with Crippen LogP contribution >= 0.6 is 0 Å². The summed E-state index contributed by atoms with van der Waals surface area (Å²) in [5.74, 6) is 0.274. The van der Waals surface area contributed by atoms with Gasteiger partial charge in [-0.05, 0) is 50.3 Å². The van der Waals surface area contributed by atoms with Crippen LogP contribution in [0.3, 0.4) is 0 Å². The van der Waals surface area contributed by atoms with Gasteiger partial charge in [0.05, 0.1) is 18.2 Å². The molecule has 1 aliphatic carbocycles. The summed E-state index contributed by atoms with van der Waals surface area (Å²) in [6.45, 7) is 6.32. The van der Waals surface area contributed by atoms with E-state index in [1.165, 1.54) is 25.7 Å². The molecule has 0 saturated heterocycles. The lowest BCUT2D eigenvalue weighted by molar-refractivity contribution is -0.139. The van der Waals surface area contributed by atoms with Gasteiger partial charge in [0.25, 0.3) is 0 Å². The minimum Gasteiger partial charge on any atom is -0.463 e. The summed E-state index contributed by atoms with van der Waals surface area (Å²) in [5, 5.41) is 5.89. The smallest absolute Gasteiger partial charge is 0.338 e. The number of rotatable bonds is 9. The van der Waals surface area contributed by atoms with Gasteiger partial charge in [-0.2, -0.15) is 0 Å². The summed E-state index contributed by atoms with van der Waals surface area (Å²) in [5.41, 5.74) is 2.52. The maximum atomic E-state index is 12.7. The van der Waals surface area contributed by atoms with E-state index in [0.717, 1.165) is 18.4 Å². The third-order valence-corrected chi connectivity index (χ3v) is 6.32. The van der Waals surface area contributed by atoms with Crippen LogP contribution in [0.2, 0.25) is 0 Å². The highest BCUT2D eigenvalue weighted by Crippen LogP contribution is 2.32. The van der Waals surface area contributed by atoms with E-state index in [-0.39, 0.29) is 18.5 Å². The summed E-state index contributed by atoms with van der Waals surface area (Å²) >= 11 is 0. The second-order valence-electron chi connectivity index (χ2n) is 8.61. The van der Waals surface area contributed by atoms with Gasteiger partial charge in [0, 0.05) is 24.4 Å². The molecule has 0 radical (unpaired) electrons. The first kappa shape index (κ1) is 23.8. The van der Waals surface area contributed by atoms with Crippen LogP contribution < -0.4 is 10.6 Å². The Balaban J connectivity index is 1.72.